The van der Waals surface area contributed by atoms with Crippen molar-refractivity contribution in [3.05, 3.63) is 58.8 Å². The number of rotatable bonds is 1. The van der Waals surface area contributed by atoms with Crippen LogP contribution in [0.15, 0.2) is 36.4 Å². The van der Waals surface area contributed by atoms with Crippen molar-refractivity contribution in [2.45, 2.75) is 132 Å². The van der Waals surface area contributed by atoms with Gasteiger partial charge >= 0.3 is 0 Å². The molecule has 0 amide bonds. The average molecular weight is 584 g/mol. The fraction of sp³-hybridized carbons (Fsp3) is 0.676. The average Bonchev–Trinajstić information content (AvgIpc) is 3.51. The van der Waals surface area contributed by atoms with Gasteiger partial charge in [-0.2, -0.15) is 0 Å². The molecule has 2 aromatic rings. The number of fused-ring (bicyclic) bond motifs is 5. The Bertz CT molecular complexity index is 1690. The van der Waals surface area contributed by atoms with Gasteiger partial charge in [0.1, 0.15) is 23.9 Å². The molecule has 228 valence electrons. The lowest BCUT2D eigenvalue weighted by Crippen LogP contribution is -2.76. The van der Waals surface area contributed by atoms with Crippen LogP contribution in [0.2, 0.25) is 0 Å². The second-order valence-corrected chi connectivity index (χ2v) is 16.7. The molecular weight excluding hydrogens is 538 g/mol. The summed E-state index contributed by atoms with van der Waals surface area (Å²) in [6.07, 6.45) is 3.15. The second kappa shape index (κ2) is 7.36. The number of ether oxygens (including phenoxy) is 3. The molecule has 3 N–H and O–H groups in total. The van der Waals surface area contributed by atoms with Crippen molar-refractivity contribution in [2.75, 3.05) is 0 Å². The first kappa shape index (κ1) is 26.3. The van der Waals surface area contributed by atoms with E-state index in [0.717, 1.165) is 37.7 Å². The molecule has 13 atom stereocenters. The highest BCUT2D eigenvalue weighted by atomic mass is 16.7. The molecule has 6 nitrogen and oxygen atoms in total. The van der Waals surface area contributed by atoms with E-state index in [4.69, 9.17) is 14.2 Å². The Morgan fingerprint density at radius 3 is 2.60 bits per heavy atom. The number of epoxide rings is 1. The van der Waals surface area contributed by atoms with Gasteiger partial charge in [-0.3, -0.25) is 0 Å². The van der Waals surface area contributed by atoms with E-state index in [0.29, 0.717) is 24.2 Å². The molecule has 5 aliphatic carbocycles. The summed E-state index contributed by atoms with van der Waals surface area (Å²) in [5.74, 6) is 1.68. The molecule has 3 saturated carbocycles. The lowest BCUT2D eigenvalue weighted by Gasteiger charge is -2.66. The summed E-state index contributed by atoms with van der Waals surface area (Å²) in [5.41, 5.74) is 5.78. The predicted octanol–water partition coefficient (Wildman–Crippen LogP) is 5.90. The summed E-state index contributed by atoms with van der Waals surface area (Å²) in [6.45, 7) is 19.9. The van der Waals surface area contributed by atoms with Gasteiger partial charge in [0, 0.05) is 38.9 Å². The minimum absolute atomic E-state index is 0.0334. The van der Waals surface area contributed by atoms with E-state index >= 15 is 0 Å². The van der Waals surface area contributed by atoms with E-state index in [1.54, 1.807) is 5.56 Å². The van der Waals surface area contributed by atoms with Crippen molar-refractivity contribution in [1.29, 1.82) is 0 Å². The monoisotopic (exact) mass is 583 g/mol. The zero-order valence-electron chi connectivity index (χ0n) is 26.1. The number of aromatic nitrogens is 1. The van der Waals surface area contributed by atoms with Crippen LogP contribution in [-0.2, 0) is 26.0 Å². The molecule has 8 aliphatic rings. The summed E-state index contributed by atoms with van der Waals surface area (Å²) in [4.78, 5) is 4.00. The van der Waals surface area contributed by atoms with Crippen molar-refractivity contribution in [1.82, 2.24) is 4.98 Å². The zero-order chi connectivity index (χ0) is 29.8. The molecule has 4 heterocycles. The minimum atomic E-state index is -1.15. The van der Waals surface area contributed by atoms with Crippen LogP contribution in [0.1, 0.15) is 101 Å². The molecule has 0 radical (unpaired) electrons. The van der Waals surface area contributed by atoms with E-state index in [1.807, 2.05) is 6.92 Å². The Morgan fingerprint density at radius 1 is 1.05 bits per heavy atom. The summed E-state index contributed by atoms with van der Waals surface area (Å²) >= 11 is 0. The Labute approximate surface area is 253 Å². The van der Waals surface area contributed by atoms with Gasteiger partial charge in [0.2, 0.25) is 0 Å². The van der Waals surface area contributed by atoms with E-state index in [1.165, 1.54) is 33.3 Å². The summed E-state index contributed by atoms with van der Waals surface area (Å²) in [5, 5.41) is 26.0. The van der Waals surface area contributed by atoms with E-state index in [2.05, 4.69) is 58.0 Å². The van der Waals surface area contributed by atoms with Gasteiger partial charge in [0.05, 0.1) is 17.8 Å². The molecule has 0 bridgehead atoms. The third kappa shape index (κ3) is 2.51. The van der Waals surface area contributed by atoms with Gasteiger partial charge in [-0.05, 0) is 99.8 Å². The highest BCUT2D eigenvalue weighted by Crippen LogP contribution is 2.77. The number of hydrogen-bond acceptors (Lipinski definition) is 5. The number of aliphatic hydroxyl groups excluding tert-OH is 1. The molecule has 1 aromatic carbocycles. The van der Waals surface area contributed by atoms with Gasteiger partial charge < -0.3 is 29.4 Å². The Morgan fingerprint density at radius 2 is 1.84 bits per heavy atom. The van der Waals surface area contributed by atoms with Crippen molar-refractivity contribution in [3.63, 3.8) is 0 Å². The normalized spacial score (nSPS) is 52.6. The number of nitrogens with one attached hydrogen (secondary N) is 1. The maximum absolute atomic E-state index is 13.2. The van der Waals surface area contributed by atoms with Crippen molar-refractivity contribution < 1.29 is 24.4 Å². The van der Waals surface area contributed by atoms with Crippen LogP contribution in [0.25, 0.3) is 10.9 Å². The minimum Gasteiger partial charge on any atom is -0.387 e. The van der Waals surface area contributed by atoms with Crippen LogP contribution < -0.4 is 0 Å². The summed E-state index contributed by atoms with van der Waals surface area (Å²) in [7, 11) is 0. The maximum atomic E-state index is 13.2. The van der Waals surface area contributed by atoms with Gasteiger partial charge in [0.25, 0.3) is 0 Å². The molecule has 10 rings (SSSR count). The van der Waals surface area contributed by atoms with Crippen molar-refractivity contribution >= 4 is 10.9 Å². The fourth-order valence-electron chi connectivity index (χ4n) is 12.7. The topological polar surface area (TPSA) is 87.2 Å². The quantitative estimate of drug-likeness (QED) is 0.287. The number of allylic oxidation sites excluding steroid dienone is 1. The highest BCUT2D eigenvalue weighted by Gasteiger charge is 2.86. The Kier molecular flexibility index (Phi) is 4.50. The summed E-state index contributed by atoms with van der Waals surface area (Å²) < 4.78 is 20.5. The van der Waals surface area contributed by atoms with Crippen LogP contribution in [0.3, 0.4) is 0 Å². The Balaban J connectivity index is 1.19. The molecule has 1 spiro atoms. The largest absolute Gasteiger partial charge is 0.387 e. The lowest BCUT2D eigenvalue weighted by atomic mass is 9.40. The first-order chi connectivity index (χ1) is 20.3. The zero-order valence-corrected chi connectivity index (χ0v) is 26.1. The van der Waals surface area contributed by atoms with Crippen LogP contribution in [-0.4, -0.2) is 56.4 Å². The van der Waals surface area contributed by atoms with Crippen molar-refractivity contribution in [2.24, 2.45) is 23.2 Å². The molecule has 43 heavy (non-hydrogen) atoms. The third-order valence-corrected chi connectivity index (χ3v) is 15.0. The van der Waals surface area contributed by atoms with Crippen LogP contribution >= 0.6 is 0 Å². The van der Waals surface area contributed by atoms with Crippen molar-refractivity contribution in [3.8, 4) is 0 Å². The second-order valence-electron chi connectivity index (χ2n) is 16.7. The predicted molar refractivity (Wildman–Crippen MR) is 163 cm³/mol. The SMILES string of the molecule is C=C1Cc2ccc3[nH]c4c5c3c2[C@H]2[C@@H]1C[C@@H]2C(C)(C)O[C@H]5[C@@H]1CC[C@@]2(O)C35O[C@@H]3[C@@H](O)[C@@H](C(=C)C)O[C@H]5CC[C@]2(C)[C@@]41C. The molecule has 6 heteroatoms. The van der Waals surface area contributed by atoms with Gasteiger partial charge in [-0.25, -0.2) is 0 Å². The smallest absolute Gasteiger partial charge is 0.153 e. The Hall–Kier alpha value is -1.96. The van der Waals surface area contributed by atoms with Crippen LogP contribution in [0.5, 0.6) is 0 Å². The standard InChI is InChI=1S/C37H45NO5/c1-16(2)29-28(39)32-37(43-32)23(41-29)11-12-34(6)35(7)20(10-13-36(34,37)40)30-27-26-22(38-31(27)35)9-8-18-14-17(3)19-15-21(25(19)24(18)26)33(4,5)42-30/h8-9,19-21,23,25,28-30,32,38-40H,1,3,10-15H2,2,4-7H3/t19-,20+,21+,23+,25+,28+,29-,30+,32-,34-,35-,36+,37?/m1/s1. The number of aromatic amines is 1. The molecular formula is C37H45NO5. The van der Waals surface area contributed by atoms with E-state index < -0.39 is 34.9 Å². The molecule has 1 unspecified atom stereocenters. The van der Waals surface area contributed by atoms with E-state index in [-0.39, 0.29) is 29.1 Å². The molecule has 3 aliphatic heterocycles. The molecule has 1 aromatic heterocycles. The van der Waals surface area contributed by atoms with Gasteiger partial charge in [-0.15, -0.1) is 0 Å². The highest BCUT2D eigenvalue weighted by molar-refractivity contribution is 5.92. The number of hydrogen-bond donors (Lipinski definition) is 3. The lowest BCUT2D eigenvalue weighted by molar-refractivity contribution is -0.274. The van der Waals surface area contributed by atoms with Gasteiger partial charge in [0.15, 0.2) is 5.60 Å². The number of H-pyrrole nitrogens is 1. The van der Waals surface area contributed by atoms with Crippen LogP contribution in [0.4, 0.5) is 0 Å². The first-order valence-corrected chi connectivity index (χ1v) is 16.7. The first-order valence-electron chi connectivity index (χ1n) is 16.7. The maximum Gasteiger partial charge on any atom is 0.153 e. The third-order valence-electron chi connectivity index (χ3n) is 15.0. The van der Waals surface area contributed by atoms with Crippen LogP contribution in [0, 0.1) is 23.2 Å². The van der Waals surface area contributed by atoms with Gasteiger partial charge in [-0.1, -0.05) is 38.6 Å². The molecule has 5 fully saturated rings. The van der Waals surface area contributed by atoms with E-state index in [9.17, 15) is 10.2 Å². The summed E-state index contributed by atoms with van der Waals surface area (Å²) in [6, 6.07) is 4.63. The fourth-order valence-corrected chi connectivity index (χ4v) is 12.7. The number of aliphatic hydroxyl groups is 2. The number of benzene rings is 1. The molecule has 2 saturated heterocycles.